The molecule has 0 aliphatic carbocycles. The molecule has 0 N–H and O–H groups in total. The number of ether oxygens (including phenoxy) is 2. The Hall–Kier alpha value is -3.56. The van der Waals surface area contributed by atoms with E-state index in [1.54, 1.807) is 24.3 Å². The van der Waals surface area contributed by atoms with Crippen molar-refractivity contribution in [1.29, 1.82) is 0 Å². The number of rotatable bonds is 9. The average molecular weight is 879 g/mol. The van der Waals surface area contributed by atoms with Gasteiger partial charge in [-0.2, -0.15) is 0 Å². The number of hydrogen-bond acceptors (Lipinski definition) is 3. The number of methoxy groups -OCH3 is 2. The molecular formula is C44H50F10O3P2. The van der Waals surface area contributed by atoms with E-state index in [1.807, 2.05) is 83.1 Å². The normalized spacial score (nSPS) is 13.1. The Kier molecular flexibility index (Phi) is 13.4. The van der Waals surface area contributed by atoms with E-state index in [0.29, 0.717) is 33.8 Å². The van der Waals surface area contributed by atoms with Crippen LogP contribution in [-0.4, -0.2) is 26.5 Å². The molecule has 0 atom stereocenters. The van der Waals surface area contributed by atoms with Crippen molar-refractivity contribution < 1.29 is 57.9 Å². The lowest BCUT2D eigenvalue weighted by Gasteiger charge is -2.34. The first-order valence-corrected chi connectivity index (χ1v) is 22.1. The van der Waals surface area contributed by atoms with Gasteiger partial charge in [0.25, 0.3) is 0 Å². The Labute approximate surface area is 341 Å². The lowest BCUT2D eigenvalue weighted by molar-refractivity contribution is 0.381. The maximum atomic E-state index is 16.6. The first kappa shape index (κ1) is 48.1. The minimum atomic E-state index is -4.40. The largest absolute Gasteiger partial charge is 0.496 e. The molecule has 0 saturated carbocycles. The van der Waals surface area contributed by atoms with Gasteiger partial charge in [-0.1, -0.05) is 83.1 Å². The van der Waals surface area contributed by atoms with Crippen LogP contribution in [0.4, 0.5) is 43.9 Å². The van der Waals surface area contributed by atoms with Crippen LogP contribution < -0.4 is 30.7 Å². The molecule has 0 aliphatic rings. The van der Waals surface area contributed by atoms with Crippen molar-refractivity contribution in [1.82, 2.24) is 0 Å². The summed E-state index contributed by atoms with van der Waals surface area (Å²) in [5, 5.41) is -3.34. The molecule has 324 valence electrons. The molecule has 0 aromatic heterocycles. The van der Waals surface area contributed by atoms with E-state index in [-0.39, 0.29) is 10.6 Å². The lowest BCUT2D eigenvalue weighted by atomic mass is 9.79. The van der Waals surface area contributed by atoms with Gasteiger partial charge in [0.15, 0.2) is 46.5 Å². The van der Waals surface area contributed by atoms with Gasteiger partial charge >= 0.3 is 0 Å². The van der Waals surface area contributed by atoms with Gasteiger partial charge in [0.05, 0.1) is 24.8 Å². The molecule has 4 aromatic rings. The van der Waals surface area contributed by atoms with Gasteiger partial charge in [0.2, 0.25) is 11.6 Å². The van der Waals surface area contributed by atoms with Crippen molar-refractivity contribution in [2.45, 2.75) is 105 Å². The van der Waals surface area contributed by atoms with Gasteiger partial charge in [0, 0.05) is 39.0 Å². The highest BCUT2D eigenvalue weighted by molar-refractivity contribution is 7.80. The summed E-state index contributed by atoms with van der Waals surface area (Å²) in [5.41, 5.74) is -0.439. The van der Waals surface area contributed by atoms with Crippen molar-refractivity contribution in [3.8, 4) is 11.5 Å². The number of halogens is 10. The van der Waals surface area contributed by atoms with E-state index in [0.717, 1.165) is 0 Å². The molecule has 4 aromatic carbocycles. The standard InChI is InChI=1S/C44H50F10O3P2/c1-41(2,3)23-17-21(18-24(37(23)56-13)42(4,5)6)59(55,22-19-25(43(7,8)9)38(57-14)26(20-22)44(10,11)12)16-15-58(39-33(51)29(47)27(45)30(48)34(39)52)40-35(53)31(49)28(46)32(50)36(40)54/h17-20H,15-16H2,1-14H3. The van der Waals surface area contributed by atoms with Crippen molar-refractivity contribution in [2.24, 2.45) is 0 Å². The van der Waals surface area contributed by atoms with Gasteiger partial charge in [-0.05, 0) is 60.0 Å². The van der Waals surface area contributed by atoms with Crippen LogP contribution in [0.1, 0.15) is 105 Å². The maximum Gasteiger partial charge on any atom is 0.200 e. The highest BCUT2D eigenvalue weighted by atomic mass is 31.2. The van der Waals surface area contributed by atoms with Gasteiger partial charge in [-0.25, -0.2) is 43.9 Å². The highest BCUT2D eigenvalue weighted by Gasteiger charge is 2.42. The Bertz CT molecular complexity index is 2060. The van der Waals surface area contributed by atoms with Crippen molar-refractivity contribution >= 4 is 36.3 Å². The Morgan fingerprint density at radius 1 is 0.441 bits per heavy atom. The third kappa shape index (κ3) is 8.80. The van der Waals surface area contributed by atoms with Crippen molar-refractivity contribution in [2.75, 3.05) is 26.5 Å². The van der Waals surface area contributed by atoms with Gasteiger partial charge < -0.3 is 14.0 Å². The Balaban J connectivity index is 2.28. The second-order valence-corrected chi connectivity index (χ2v) is 23.8. The molecule has 0 amide bonds. The molecule has 59 heavy (non-hydrogen) atoms. The van der Waals surface area contributed by atoms with Crippen molar-refractivity contribution in [3.63, 3.8) is 0 Å². The zero-order valence-electron chi connectivity index (χ0n) is 35.6. The summed E-state index contributed by atoms with van der Waals surface area (Å²) in [4.78, 5) is 0. The first-order valence-electron chi connectivity index (χ1n) is 18.6. The molecule has 0 bridgehead atoms. The van der Waals surface area contributed by atoms with Crippen LogP contribution in [0.15, 0.2) is 24.3 Å². The van der Waals surface area contributed by atoms with Crippen molar-refractivity contribution in [3.05, 3.63) is 105 Å². The molecule has 3 nitrogen and oxygen atoms in total. The number of benzene rings is 4. The summed E-state index contributed by atoms with van der Waals surface area (Å²) >= 11 is 0. The van der Waals surface area contributed by atoms with Gasteiger partial charge in [-0.3, -0.25) is 0 Å². The fourth-order valence-corrected chi connectivity index (χ4v) is 13.1. The third-order valence-corrected chi connectivity index (χ3v) is 16.1. The average Bonchev–Trinajstić information content (AvgIpc) is 3.13. The van der Waals surface area contributed by atoms with E-state index in [9.17, 15) is 26.3 Å². The first-order chi connectivity index (χ1) is 26.8. The second-order valence-electron chi connectivity index (χ2n) is 18.6. The monoisotopic (exact) mass is 878 g/mol. The quantitative estimate of drug-likeness (QED) is 0.0727. The maximum absolute atomic E-state index is 16.6. The zero-order valence-corrected chi connectivity index (χ0v) is 37.4. The summed E-state index contributed by atoms with van der Waals surface area (Å²) in [6.07, 6.45) is -1.89. The van der Waals surface area contributed by atoms with Crippen LogP contribution in [-0.2, 0) is 26.2 Å². The molecule has 0 spiro atoms. The van der Waals surface area contributed by atoms with E-state index in [1.165, 1.54) is 14.2 Å². The predicted octanol–water partition coefficient (Wildman–Crippen LogP) is 11.7. The topological polar surface area (TPSA) is 35.5 Å². The van der Waals surface area contributed by atoms with E-state index < -0.39 is 118 Å². The zero-order chi connectivity index (χ0) is 45.3. The fraction of sp³-hybridized carbons (Fsp3) is 0.455. The minimum absolute atomic E-state index is 0.128. The van der Waals surface area contributed by atoms with Crippen LogP contribution in [0.25, 0.3) is 0 Å². The van der Waals surface area contributed by atoms with E-state index >= 15 is 22.1 Å². The van der Waals surface area contributed by atoms with Crippen LogP contribution in [0.2, 0.25) is 0 Å². The minimum Gasteiger partial charge on any atom is -0.496 e. The molecule has 0 fully saturated rings. The molecule has 4 rings (SSSR count). The molecular weight excluding hydrogens is 828 g/mol. The van der Waals surface area contributed by atoms with Crippen LogP contribution in [0, 0.1) is 58.2 Å². The summed E-state index contributed by atoms with van der Waals surface area (Å²) in [7, 11) is -5.19. The Morgan fingerprint density at radius 3 is 0.864 bits per heavy atom. The summed E-state index contributed by atoms with van der Waals surface area (Å²) in [6, 6.07) is 6.47. The van der Waals surface area contributed by atoms with E-state index in [4.69, 9.17) is 9.47 Å². The molecule has 15 heteroatoms. The molecule has 0 aliphatic heterocycles. The summed E-state index contributed by atoms with van der Waals surface area (Å²) in [6.45, 7) is 22.5. The van der Waals surface area contributed by atoms with Gasteiger partial charge in [-0.15, -0.1) is 0 Å². The van der Waals surface area contributed by atoms with E-state index in [2.05, 4.69) is 0 Å². The number of hydrogen-bond donors (Lipinski definition) is 0. The fourth-order valence-electron chi connectivity index (χ4n) is 6.96. The molecule has 0 heterocycles. The predicted molar refractivity (Wildman–Crippen MR) is 216 cm³/mol. The summed E-state index contributed by atoms with van der Waals surface area (Å²) < 4.78 is 180. The van der Waals surface area contributed by atoms with Crippen LogP contribution in [0.3, 0.4) is 0 Å². The molecule has 0 radical (unpaired) electrons. The smallest absolute Gasteiger partial charge is 0.200 e. The molecule has 0 saturated heterocycles. The van der Waals surface area contributed by atoms with Gasteiger partial charge in [0.1, 0.15) is 18.6 Å². The summed E-state index contributed by atoms with van der Waals surface area (Å²) in [5.74, 6) is -24.4. The van der Waals surface area contributed by atoms with Crippen LogP contribution in [0.5, 0.6) is 11.5 Å². The second kappa shape index (κ2) is 16.4. The Morgan fingerprint density at radius 2 is 0.661 bits per heavy atom. The highest BCUT2D eigenvalue weighted by Crippen LogP contribution is 2.53. The SMILES string of the molecule is COc1c(C(C)(C)C)cc(P(=O)(CCP(c2c(F)c(F)c(F)c(F)c2F)c2c(F)c(F)c(F)c(F)c2F)c2cc(C(C)(C)C)c(OC)c(C(C)(C)C)c2)cc1C(C)(C)C. The molecule has 0 unspecified atom stereocenters. The lowest BCUT2D eigenvalue weighted by Crippen LogP contribution is -2.32. The van der Waals surface area contributed by atoms with Crippen LogP contribution >= 0.6 is 15.1 Å². The third-order valence-electron chi connectivity index (χ3n) is 10.2.